The highest BCUT2D eigenvalue weighted by Crippen LogP contribution is 2.23. The molecular formula is C11H15ClN2O3S. The van der Waals surface area contributed by atoms with Crippen molar-refractivity contribution in [3.63, 3.8) is 0 Å². The second-order valence-electron chi connectivity index (χ2n) is 3.79. The van der Waals surface area contributed by atoms with Gasteiger partial charge < -0.3 is 11.1 Å². The molecule has 3 N–H and O–H groups in total. The van der Waals surface area contributed by atoms with E-state index in [1.807, 2.05) is 6.92 Å². The molecule has 0 saturated heterocycles. The van der Waals surface area contributed by atoms with E-state index in [0.29, 0.717) is 11.6 Å². The number of carbonyl (C=O) groups excluding carboxylic acids is 1. The molecule has 0 heterocycles. The van der Waals surface area contributed by atoms with E-state index in [9.17, 15) is 13.2 Å². The minimum atomic E-state index is -3.73. The van der Waals surface area contributed by atoms with Gasteiger partial charge in [-0.1, -0.05) is 18.5 Å². The van der Waals surface area contributed by atoms with Gasteiger partial charge in [-0.3, -0.25) is 4.79 Å². The number of nitrogens with two attached hydrogens (primary N) is 1. The largest absolute Gasteiger partial charge is 0.398 e. The average molecular weight is 291 g/mol. The molecule has 0 unspecified atom stereocenters. The van der Waals surface area contributed by atoms with E-state index in [-0.39, 0.29) is 10.6 Å². The number of nitrogens with one attached hydrogen (secondary N) is 1. The first kappa shape index (κ1) is 14.8. The number of benzene rings is 1. The molecule has 1 rings (SSSR count). The zero-order chi connectivity index (χ0) is 13.8. The minimum Gasteiger partial charge on any atom is -0.398 e. The molecule has 100 valence electrons. The van der Waals surface area contributed by atoms with Crippen molar-refractivity contribution in [2.75, 3.05) is 18.0 Å². The number of nitrogen functional groups attached to an aromatic ring is 1. The highest BCUT2D eigenvalue weighted by Gasteiger charge is 2.21. The first-order valence-electron chi connectivity index (χ1n) is 5.41. The van der Waals surface area contributed by atoms with Crippen LogP contribution in [0.5, 0.6) is 0 Å². The number of halogens is 1. The van der Waals surface area contributed by atoms with Crippen molar-refractivity contribution in [2.24, 2.45) is 0 Å². The summed E-state index contributed by atoms with van der Waals surface area (Å²) in [7, 11) is -3.73. The molecule has 18 heavy (non-hydrogen) atoms. The van der Waals surface area contributed by atoms with Gasteiger partial charge in [-0.05, 0) is 24.6 Å². The molecule has 0 bridgehead atoms. The quantitative estimate of drug-likeness (QED) is 0.798. The fourth-order valence-electron chi connectivity index (χ4n) is 1.37. The number of carbonyl (C=O) groups is 1. The summed E-state index contributed by atoms with van der Waals surface area (Å²) in [6.45, 7) is 2.33. The molecule has 0 aliphatic carbocycles. The highest BCUT2D eigenvalue weighted by atomic mass is 35.5. The molecule has 0 spiro atoms. The molecular weight excluding hydrogens is 276 g/mol. The zero-order valence-corrected chi connectivity index (χ0v) is 11.5. The van der Waals surface area contributed by atoms with Crippen LogP contribution in [0.4, 0.5) is 5.69 Å². The molecule has 1 amide bonds. The van der Waals surface area contributed by atoms with E-state index in [2.05, 4.69) is 5.32 Å². The summed E-state index contributed by atoms with van der Waals surface area (Å²) < 4.78 is 23.9. The molecule has 1 aromatic rings. The number of hydrogen-bond donors (Lipinski definition) is 2. The summed E-state index contributed by atoms with van der Waals surface area (Å²) in [6.07, 6.45) is 0.745. The van der Waals surface area contributed by atoms with Gasteiger partial charge in [0.05, 0.1) is 10.6 Å². The summed E-state index contributed by atoms with van der Waals surface area (Å²) >= 11 is 5.69. The number of hydrogen-bond acceptors (Lipinski definition) is 4. The van der Waals surface area contributed by atoms with Crippen molar-refractivity contribution in [3.8, 4) is 0 Å². The summed E-state index contributed by atoms with van der Waals surface area (Å²) in [6, 6.07) is 4.08. The first-order valence-corrected chi connectivity index (χ1v) is 7.44. The van der Waals surface area contributed by atoms with E-state index in [0.717, 1.165) is 6.42 Å². The number of rotatable bonds is 5. The number of sulfone groups is 1. The van der Waals surface area contributed by atoms with E-state index >= 15 is 0 Å². The number of amides is 1. The van der Waals surface area contributed by atoms with Crippen molar-refractivity contribution in [1.82, 2.24) is 5.32 Å². The Kier molecular flexibility index (Phi) is 4.98. The minimum absolute atomic E-state index is 0.0470. The predicted octanol–water partition coefficient (Wildman–Crippen LogP) is 1.22. The van der Waals surface area contributed by atoms with Crippen LogP contribution in [-0.4, -0.2) is 26.6 Å². The maximum absolute atomic E-state index is 12.0. The smallest absolute Gasteiger partial charge is 0.235 e. The Morgan fingerprint density at radius 3 is 2.67 bits per heavy atom. The maximum Gasteiger partial charge on any atom is 0.235 e. The van der Waals surface area contributed by atoms with Crippen molar-refractivity contribution in [3.05, 3.63) is 23.2 Å². The Balaban J connectivity index is 2.90. The van der Waals surface area contributed by atoms with E-state index in [4.69, 9.17) is 17.3 Å². The van der Waals surface area contributed by atoms with Crippen LogP contribution >= 0.6 is 11.6 Å². The van der Waals surface area contributed by atoms with Crippen LogP contribution in [0.1, 0.15) is 13.3 Å². The molecule has 0 atom stereocenters. The topological polar surface area (TPSA) is 89.3 Å². The lowest BCUT2D eigenvalue weighted by Gasteiger charge is -2.08. The van der Waals surface area contributed by atoms with Crippen molar-refractivity contribution in [2.45, 2.75) is 18.2 Å². The monoisotopic (exact) mass is 290 g/mol. The van der Waals surface area contributed by atoms with Crippen LogP contribution in [0.3, 0.4) is 0 Å². The third kappa shape index (κ3) is 3.89. The van der Waals surface area contributed by atoms with E-state index in [1.165, 1.54) is 18.2 Å². The van der Waals surface area contributed by atoms with Crippen LogP contribution in [0.25, 0.3) is 0 Å². The maximum atomic E-state index is 12.0. The van der Waals surface area contributed by atoms with Gasteiger partial charge in [0.2, 0.25) is 5.91 Å². The zero-order valence-electron chi connectivity index (χ0n) is 9.94. The van der Waals surface area contributed by atoms with Gasteiger partial charge in [-0.2, -0.15) is 0 Å². The fourth-order valence-corrected chi connectivity index (χ4v) is 2.85. The molecule has 0 aliphatic rings. The van der Waals surface area contributed by atoms with Gasteiger partial charge in [0.25, 0.3) is 0 Å². The fraction of sp³-hybridized carbons (Fsp3) is 0.364. The van der Waals surface area contributed by atoms with E-state index in [1.54, 1.807) is 0 Å². The lowest BCUT2D eigenvalue weighted by atomic mass is 10.3. The number of anilines is 1. The van der Waals surface area contributed by atoms with Crippen LogP contribution in [-0.2, 0) is 14.6 Å². The first-order chi connectivity index (χ1) is 8.36. The Morgan fingerprint density at radius 2 is 2.11 bits per heavy atom. The molecule has 1 aromatic carbocycles. The van der Waals surface area contributed by atoms with Gasteiger partial charge in [0.1, 0.15) is 5.75 Å². The van der Waals surface area contributed by atoms with Crippen LogP contribution in [0.2, 0.25) is 5.02 Å². The second-order valence-corrected chi connectivity index (χ2v) is 6.19. The molecule has 5 nitrogen and oxygen atoms in total. The SMILES string of the molecule is CCCNC(=O)CS(=O)(=O)c1ccc(Cl)cc1N. The molecule has 0 aromatic heterocycles. The Morgan fingerprint density at radius 1 is 1.44 bits per heavy atom. The molecule has 7 heteroatoms. The molecule has 0 radical (unpaired) electrons. The van der Waals surface area contributed by atoms with Gasteiger partial charge in [0.15, 0.2) is 9.84 Å². The lowest BCUT2D eigenvalue weighted by molar-refractivity contribution is -0.118. The average Bonchev–Trinajstić information content (AvgIpc) is 2.25. The third-order valence-corrected chi connectivity index (χ3v) is 4.12. The normalized spacial score (nSPS) is 11.2. The Hall–Kier alpha value is -1.27. The second kappa shape index (κ2) is 6.06. The third-order valence-electron chi connectivity index (χ3n) is 2.20. The summed E-state index contributed by atoms with van der Waals surface area (Å²) in [5, 5.41) is 2.85. The molecule has 0 aliphatic heterocycles. The molecule has 0 fully saturated rings. The molecule has 0 saturated carbocycles. The Labute approximate surface area is 111 Å². The standard InChI is InChI=1S/C11H15ClN2O3S/c1-2-5-14-11(15)7-18(16,17)10-4-3-8(12)6-9(10)13/h3-4,6H,2,5,7,13H2,1H3,(H,14,15). The van der Waals surface area contributed by atoms with Gasteiger partial charge in [-0.25, -0.2) is 8.42 Å². The van der Waals surface area contributed by atoms with Gasteiger partial charge in [0, 0.05) is 11.6 Å². The summed E-state index contributed by atoms with van der Waals surface area (Å²) in [5.74, 6) is -1.15. The van der Waals surface area contributed by atoms with Crippen molar-refractivity contribution in [1.29, 1.82) is 0 Å². The summed E-state index contributed by atoms with van der Waals surface area (Å²) in [4.78, 5) is 11.3. The van der Waals surface area contributed by atoms with Crippen molar-refractivity contribution < 1.29 is 13.2 Å². The predicted molar refractivity (Wildman–Crippen MR) is 71.2 cm³/mol. The van der Waals surface area contributed by atoms with Crippen LogP contribution in [0.15, 0.2) is 23.1 Å². The van der Waals surface area contributed by atoms with Crippen molar-refractivity contribution >= 4 is 33.0 Å². The Bertz CT molecular complexity index is 543. The van der Waals surface area contributed by atoms with Crippen LogP contribution in [0, 0.1) is 0 Å². The van der Waals surface area contributed by atoms with E-state index < -0.39 is 21.5 Å². The lowest BCUT2D eigenvalue weighted by Crippen LogP contribution is -2.31. The van der Waals surface area contributed by atoms with Gasteiger partial charge in [-0.15, -0.1) is 0 Å². The highest BCUT2D eigenvalue weighted by molar-refractivity contribution is 7.92. The van der Waals surface area contributed by atoms with Gasteiger partial charge >= 0.3 is 0 Å². The summed E-state index contributed by atoms with van der Waals surface area (Å²) in [5.41, 5.74) is 5.64. The van der Waals surface area contributed by atoms with Crippen LogP contribution < -0.4 is 11.1 Å².